The molecule has 0 amide bonds. The molecule has 0 aliphatic carbocycles. The summed E-state index contributed by atoms with van der Waals surface area (Å²) in [5.41, 5.74) is 4.32. The topological polar surface area (TPSA) is 122 Å². The third-order valence-corrected chi connectivity index (χ3v) is 5.30. The summed E-state index contributed by atoms with van der Waals surface area (Å²) in [6, 6.07) is 7.16. The lowest BCUT2D eigenvalue weighted by Crippen LogP contribution is -2.21. The van der Waals surface area contributed by atoms with Crippen molar-refractivity contribution in [1.29, 1.82) is 5.26 Å². The molecule has 1 aromatic carbocycles. The number of aliphatic hydroxyl groups excluding tert-OH is 1. The van der Waals surface area contributed by atoms with Crippen LogP contribution in [0.3, 0.4) is 0 Å². The van der Waals surface area contributed by atoms with E-state index >= 15 is 0 Å². The highest BCUT2D eigenvalue weighted by atomic mass is 16.5. The molecule has 0 bridgehead atoms. The number of nitrogens with one attached hydrogen (secondary N) is 1. The molecule has 1 aliphatic rings. The third-order valence-electron chi connectivity index (χ3n) is 5.30. The van der Waals surface area contributed by atoms with Crippen LogP contribution < -0.4 is 10.1 Å². The largest absolute Gasteiger partial charge is 0.495 e. The number of esters is 1. The van der Waals surface area contributed by atoms with Crippen LogP contribution in [-0.2, 0) is 17.9 Å². The summed E-state index contributed by atoms with van der Waals surface area (Å²) < 4.78 is 11.9. The maximum absolute atomic E-state index is 11.7. The van der Waals surface area contributed by atoms with Crippen LogP contribution in [0, 0.1) is 18.3 Å². The highest BCUT2D eigenvalue weighted by molar-refractivity contribution is 5.93. The fourth-order valence-electron chi connectivity index (χ4n) is 3.57. The zero-order valence-corrected chi connectivity index (χ0v) is 17.1. The Kier molecular flexibility index (Phi) is 5.66. The molecule has 0 radical (unpaired) electrons. The Balaban J connectivity index is 1.39. The first-order valence-corrected chi connectivity index (χ1v) is 9.68. The van der Waals surface area contributed by atoms with Crippen molar-refractivity contribution in [2.75, 3.05) is 13.7 Å². The van der Waals surface area contributed by atoms with Crippen molar-refractivity contribution in [1.82, 2.24) is 20.1 Å². The minimum absolute atomic E-state index is 0.251. The van der Waals surface area contributed by atoms with Gasteiger partial charge in [-0.15, -0.1) is 0 Å². The number of carbonyl (C=O) groups is 1. The zero-order valence-electron chi connectivity index (χ0n) is 17.1. The number of carbonyl (C=O) groups excluding carboxylic acids is 1. The molecule has 0 spiro atoms. The van der Waals surface area contributed by atoms with Crippen LogP contribution in [-0.4, -0.2) is 39.5 Å². The summed E-state index contributed by atoms with van der Waals surface area (Å²) in [4.78, 5) is 15.9. The molecule has 3 aromatic rings. The van der Waals surface area contributed by atoms with Crippen molar-refractivity contribution in [2.24, 2.45) is 0 Å². The smallest absolute Gasteiger partial charge is 0.338 e. The number of methoxy groups -OCH3 is 1. The number of cyclic esters (lactones) is 1. The summed E-state index contributed by atoms with van der Waals surface area (Å²) in [6.45, 7) is 2.97. The van der Waals surface area contributed by atoms with Gasteiger partial charge < -0.3 is 19.9 Å². The van der Waals surface area contributed by atoms with Gasteiger partial charge in [0.2, 0.25) is 0 Å². The fraction of sp³-hybridized carbons (Fsp3) is 0.273. The molecule has 4 rings (SSSR count). The molecular weight excluding hydrogens is 398 g/mol. The summed E-state index contributed by atoms with van der Waals surface area (Å²) in [5.74, 6) is 0.652. The number of pyridine rings is 1. The Bertz CT molecular complexity index is 1180. The second-order valence-electron chi connectivity index (χ2n) is 7.18. The van der Waals surface area contributed by atoms with Crippen molar-refractivity contribution >= 4 is 5.97 Å². The molecule has 3 heterocycles. The molecule has 0 fully saturated rings. The van der Waals surface area contributed by atoms with E-state index in [-0.39, 0.29) is 12.6 Å². The number of hydrogen-bond donors (Lipinski definition) is 2. The van der Waals surface area contributed by atoms with E-state index < -0.39 is 6.10 Å². The van der Waals surface area contributed by atoms with Crippen molar-refractivity contribution in [2.45, 2.75) is 26.2 Å². The van der Waals surface area contributed by atoms with Gasteiger partial charge in [0, 0.05) is 36.5 Å². The highest BCUT2D eigenvalue weighted by Gasteiger charge is 2.25. The monoisotopic (exact) mass is 419 g/mol. The summed E-state index contributed by atoms with van der Waals surface area (Å²) >= 11 is 0. The Morgan fingerprint density at radius 2 is 2.26 bits per heavy atom. The molecule has 1 aliphatic heterocycles. The molecule has 9 nitrogen and oxygen atoms in total. The molecule has 0 saturated heterocycles. The van der Waals surface area contributed by atoms with Crippen LogP contribution in [0.1, 0.15) is 44.3 Å². The van der Waals surface area contributed by atoms with E-state index in [1.54, 1.807) is 29.1 Å². The van der Waals surface area contributed by atoms with E-state index in [9.17, 15) is 9.90 Å². The van der Waals surface area contributed by atoms with Gasteiger partial charge in [0.05, 0.1) is 31.2 Å². The van der Waals surface area contributed by atoms with E-state index in [1.165, 1.54) is 13.3 Å². The molecule has 158 valence electrons. The van der Waals surface area contributed by atoms with Crippen LogP contribution in [0.2, 0.25) is 0 Å². The van der Waals surface area contributed by atoms with Gasteiger partial charge in [0.15, 0.2) is 5.82 Å². The number of aromatic nitrogens is 3. The SMILES string of the molecule is COc1cc(-n2cc(CNC[C@H](O)c3ccc4c(c3C)COC4=O)cn2)ncc1C#N. The average Bonchev–Trinajstić information content (AvgIpc) is 3.41. The number of nitriles is 1. The van der Waals surface area contributed by atoms with E-state index in [1.807, 2.05) is 19.2 Å². The van der Waals surface area contributed by atoms with Gasteiger partial charge in [0.1, 0.15) is 24.0 Å². The minimum Gasteiger partial charge on any atom is -0.495 e. The van der Waals surface area contributed by atoms with Crippen LogP contribution in [0.15, 0.2) is 36.8 Å². The first-order chi connectivity index (χ1) is 15.0. The lowest BCUT2D eigenvalue weighted by molar-refractivity contribution is 0.0535. The van der Waals surface area contributed by atoms with Crippen molar-refractivity contribution < 1.29 is 19.4 Å². The second kappa shape index (κ2) is 8.55. The summed E-state index contributed by atoms with van der Waals surface area (Å²) in [6.07, 6.45) is 4.24. The third kappa shape index (κ3) is 3.99. The Labute approximate surface area is 178 Å². The van der Waals surface area contributed by atoms with Crippen molar-refractivity contribution in [3.63, 3.8) is 0 Å². The van der Waals surface area contributed by atoms with Gasteiger partial charge in [-0.2, -0.15) is 10.4 Å². The van der Waals surface area contributed by atoms with Gasteiger partial charge in [-0.25, -0.2) is 14.5 Å². The van der Waals surface area contributed by atoms with Crippen LogP contribution in [0.25, 0.3) is 5.82 Å². The zero-order chi connectivity index (χ0) is 22.0. The molecule has 9 heteroatoms. The number of benzene rings is 1. The number of hydrogen-bond acceptors (Lipinski definition) is 8. The molecule has 1 atom stereocenters. The van der Waals surface area contributed by atoms with Gasteiger partial charge >= 0.3 is 5.97 Å². The Hall–Kier alpha value is -3.74. The first kappa shape index (κ1) is 20.5. The Morgan fingerprint density at radius 1 is 1.42 bits per heavy atom. The maximum atomic E-state index is 11.7. The van der Waals surface area contributed by atoms with E-state index in [2.05, 4.69) is 15.4 Å². The highest BCUT2D eigenvalue weighted by Crippen LogP contribution is 2.29. The molecule has 31 heavy (non-hydrogen) atoms. The number of fused-ring (bicyclic) bond motifs is 1. The second-order valence-corrected chi connectivity index (χ2v) is 7.18. The van der Waals surface area contributed by atoms with Gasteiger partial charge in [0.25, 0.3) is 0 Å². The predicted octanol–water partition coefficient (Wildman–Crippen LogP) is 1.95. The van der Waals surface area contributed by atoms with Crippen LogP contribution in [0.4, 0.5) is 0 Å². The normalized spacial score (nSPS) is 13.4. The molecule has 0 saturated carbocycles. The number of rotatable bonds is 7. The minimum atomic E-state index is -0.722. The van der Waals surface area contributed by atoms with E-state index in [0.717, 1.165) is 22.3 Å². The molecule has 2 aromatic heterocycles. The average molecular weight is 419 g/mol. The van der Waals surface area contributed by atoms with Gasteiger partial charge in [-0.3, -0.25) is 0 Å². The summed E-state index contributed by atoms with van der Waals surface area (Å²) in [7, 11) is 1.50. The predicted molar refractivity (Wildman–Crippen MR) is 110 cm³/mol. The van der Waals surface area contributed by atoms with Crippen LogP contribution >= 0.6 is 0 Å². The number of ether oxygens (including phenoxy) is 2. The van der Waals surface area contributed by atoms with Crippen molar-refractivity contribution in [3.8, 4) is 17.6 Å². The first-order valence-electron chi connectivity index (χ1n) is 9.68. The lowest BCUT2D eigenvalue weighted by Gasteiger charge is -2.16. The fourth-order valence-corrected chi connectivity index (χ4v) is 3.57. The molecule has 0 unspecified atom stereocenters. The standard InChI is InChI=1S/C22H21N5O4/c1-13-16(3-4-17-18(13)12-31-22(17)29)19(28)10-24-7-14-8-26-27(11-14)21-5-20(30-2)15(6-23)9-25-21/h3-5,8-9,11,19,24,28H,7,10,12H2,1-2H3/t19-/m0/s1. The van der Waals surface area contributed by atoms with Crippen LogP contribution in [0.5, 0.6) is 5.75 Å². The van der Waals surface area contributed by atoms with E-state index in [0.29, 0.717) is 35.8 Å². The number of aliphatic hydroxyl groups is 1. The molecular formula is C22H21N5O4. The Morgan fingerprint density at radius 3 is 3.03 bits per heavy atom. The van der Waals surface area contributed by atoms with E-state index in [4.69, 9.17) is 14.7 Å². The lowest BCUT2D eigenvalue weighted by atomic mass is 9.95. The van der Waals surface area contributed by atoms with Gasteiger partial charge in [-0.1, -0.05) is 6.07 Å². The van der Waals surface area contributed by atoms with Gasteiger partial charge in [-0.05, 0) is 24.1 Å². The molecule has 2 N–H and O–H groups in total. The maximum Gasteiger partial charge on any atom is 0.338 e. The summed E-state index contributed by atoms with van der Waals surface area (Å²) in [5, 5.41) is 27.2. The van der Waals surface area contributed by atoms with Crippen molar-refractivity contribution in [3.05, 3.63) is 70.2 Å². The number of nitrogens with zero attached hydrogens (tertiary/aromatic N) is 4. The quantitative estimate of drug-likeness (QED) is 0.557.